The van der Waals surface area contributed by atoms with E-state index in [9.17, 15) is 14.9 Å². The minimum atomic E-state index is -2.50. The van der Waals surface area contributed by atoms with Gasteiger partial charge in [-0.2, -0.15) is 25.2 Å². The average molecular weight is 1820 g/mol. The number of hydrogen-bond acceptors (Lipinski definition) is 25. The molecule has 7 atom stereocenters. The van der Waals surface area contributed by atoms with Crippen LogP contribution in [-0.2, 0) is 53.2 Å². The van der Waals surface area contributed by atoms with Crippen molar-refractivity contribution in [1.82, 2.24) is 43.7 Å². The smallest absolute Gasteiger partial charge is 0.264 e. The average Bonchev–Trinajstić information content (AvgIpc) is 1.05. The van der Waals surface area contributed by atoms with Gasteiger partial charge in [-0.25, -0.2) is 14.6 Å². The predicted octanol–water partition coefficient (Wildman–Crippen LogP) is 19.1. The lowest BCUT2D eigenvalue weighted by atomic mass is 9.80. The van der Waals surface area contributed by atoms with Gasteiger partial charge in [-0.15, -0.1) is 0 Å². The molecule has 131 heavy (non-hydrogen) atoms. The van der Waals surface area contributed by atoms with Gasteiger partial charge >= 0.3 is 0 Å². The molecule has 1 unspecified atom stereocenters. The summed E-state index contributed by atoms with van der Waals surface area (Å²) >= 11 is 0. The molecule has 2 saturated heterocycles. The third-order valence-electron chi connectivity index (χ3n) is 23.7. The zero-order chi connectivity index (χ0) is 92.1. The molecule has 31 heteroatoms. The fourth-order valence-electron chi connectivity index (χ4n) is 16.0. The van der Waals surface area contributed by atoms with E-state index in [1.54, 1.807) is 69.9 Å². The van der Waals surface area contributed by atoms with Crippen molar-refractivity contribution >= 4 is 62.9 Å². The van der Waals surface area contributed by atoms with Gasteiger partial charge in [0.2, 0.25) is 23.7 Å². The molecule has 0 bridgehead atoms. The summed E-state index contributed by atoms with van der Waals surface area (Å²) in [6, 6.07) is 72.0. The van der Waals surface area contributed by atoms with Crippen LogP contribution >= 0.6 is 8.53 Å². The minimum absolute atomic E-state index is 0.0131. The Morgan fingerprint density at radius 3 is 1.21 bits per heavy atom. The number of rotatable bonds is 46. The van der Waals surface area contributed by atoms with Crippen LogP contribution in [0.15, 0.2) is 231 Å². The SMILES string of the molecule is COc1ccc(C(OC[C@H]2O[C@@H](n3cnc4c(OCCCCCCCOc5nc(NC(=O)COc6ccccc6)nc6c5ncn6[C@H]5C[C@H](O[Si](C)(C)C(C)(C)C)[C@@H](COC(c6ccccc6)(c6ccc(OC)cc6)c6ccc(OC)cc6)O5)nc(NC(=O)COc5ccccc5)nc43)C[C@@H]2OP(OCCC#N)N(C(C)C)C(C)C)(c2ccccc2)c2ccc(OC)cc2)cc1. The quantitative estimate of drug-likeness (QED) is 0.0155. The lowest BCUT2D eigenvalue weighted by molar-refractivity contribution is -0.118. The molecule has 0 saturated carbocycles. The fraction of sp³-hybridized carbons (Fsp3) is 0.390. The molecule has 0 radical (unpaired) electrons. The van der Waals surface area contributed by atoms with Crippen molar-refractivity contribution in [2.75, 3.05) is 85.3 Å². The van der Waals surface area contributed by atoms with E-state index in [0.717, 1.165) is 52.6 Å². The first kappa shape index (κ1) is 95.1. The summed E-state index contributed by atoms with van der Waals surface area (Å²) in [6.45, 7) is 19.5. The van der Waals surface area contributed by atoms with E-state index in [1.165, 1.54) is 0 Å². The highest BCUT2D eigenvalue weighted by Gasteiger charge is 2.50. The second-order valence-corrected chi connectivity index (χ2v) is 40.2. The van der Waals surface area contributed by atoms with E-state index < -0.39 is 76.7 Å². The lowest BCUT2D eigenvalue weighted by Gasteiger charge is -2.40. The highest BCUT2D eigenvalue weighted by molar-refractivity contribution is 7.44. The molecule has 2 aliphatic rings. The number of methoxy groups -OCH3 is 4. The maximum absolute atomic E-state index is 13.9. The number of aromatic nitrogens is 8. The number of nitrogens with one attached hydrogen (secondary N) is 2. The number of benzene rings is 8. The van der Waals surface area contributed by atoms with Gasteiger partial charge in [0.25, 0.3) is 20.3 Å². The highest BCUT2D eigenvalue weighted by Crippen LogP contribution is 2.53. The van der Waals surface area contributed by atoms with Crippen molar-refractivity contribution < 1.29 is 79.9 Å². The van der Waals surface area contributed by atoms with Crippen LogP contribution in [0.2, 0.25) is 18.1 Å². The van der Waals surface area contributed by atoms with Crippen LogP contribution in [0.5, 0.6) is 46.3 Å². The Morgan fingerprint density at radius 1 is 0.481 bits per heavy atom. The predicted molar refractivity (Wildman–Crippen MR) is 502 cm³/mol. The van der Waals surface area contributed by atoms with Crippen LogP contribution in [0, 0.1) is 11.3 Å². The molecule has 8 aromatic carbocycles. The van der Waals surface area contributed by atoms with Crippen LogP contribution in [0.3, 0.4) is 0 Å². The number of carbonyl (C=O) groups excluding carboxylic acids is 2. The molecule has 29 nitrogen and oxygen atoms in total. The van der Waals surface area contributed by atoms with Crippen molar-refractivity contribution in [3.63, 3.8) is 0 Å². The highest BCUT2D eigenvalue weighted by atomic mass is 31.2. The third kappa shape index (κ3) is 23.0. The van der Waals surface area contributed by atoms with Crippen LogP contribution in [0.1, 0.15) is 146 Å². The van der Waals surface area contributed by atoms with E-state index in [0.29, 0.717) is 76.1 Å². The summed E-state index contributed by atoms with van der Waals surface area (Å²) in [5, 5.41) is 15.3. The largest absolute Gasteiger partial charge is 0.497 e. The minimum Gasteiger partial charge on any atom is -0.497 e. The number of amides is 2. The van der Waals surface area contributed by atoms with E-state index in [4.69, 9.17) is 100 Å². The molecule has 0 spiro atoms. The molecular weight excluding hydrogens is 1700 g/mol. The Kier molecular flexibility index (Phi) is 32.2. The zero-order valence-electron chi connectivity index (χ0n) is 76.5. The first-order valence-corrected chi connectivity index (χ1v) is 48.5. The summed E-state index contributed by atoms with van der Waals surface area (Å²) in [5.74, 6) is 3.02. The van der Waals surface area contributed by atoms with Gasteiger partial charge < -0.3 is 70.3 Å². The number of nitrogens with zero attached hydrogens (tertiary/aromatic N) is 10. The second kappa shape index (κ2) is 44.3. The number of carbonyl (C=O) groups is 2. The van der Waals surface area contributed by atoms with E-state index in [2.05, 4.69) is 95.1 Å². The number of hydrogen-bond donors (Lipinski definition) is 2. The summed E-state index contributed by atoms with van der Waals surface area (Å²) < 4.78 is 104. The molecule has 14 rings (SSSR count). The molecular formula is C100H117N12O17PSi. The maximum atomic E-state index is 13.9. The second-order valence-electron chi connectivity index (χ2n) is 34.1. The van der Waals surface area contributed by atoms with Gasteiger partial charge in [-0.1, -0.05) is 186 Å². The molecule has 6 heterocycles. The molecule has 4 aromatic heterocycles. The van der Waals surface area contributed by atoms with Crippen molar-refractivity contribution in [2.24, 2.45) is 0 Å². The molecule has 688 valence electrons. The molecule has 2 aliphatic heterocycles. The number of para-hydroxylation sites is 2. The molecule has 12 aromatic rings. The standard InChI is InChI=1S/C100H117N12O17PSi/c1-68(2)112(69(3)4)130(125-59-31-56-101)128-82-60-88(126-84(82)62-123-99(70-32-21-17-22-33-70,72-40-48-76(115-8)49-41-72)73-42-50-77(116-9)51-43-73)110-66-102-90-92(110)106-96(104-86(113)64-121-80-36-25-19-26-37-80)108-94(90)119-57-29-15-14-16-30-58-120-95-91-93(107-97(109-95)105-87(114)65-122-81-38-27-20-28-39-81)111(67-103-91)89-61-83(129-131(12,13)98(5,6)7)85(127-89)63-124-100(71-34-23-18-24-35-71,74-44-52-78(117-10)53-45-74)75-46-54-79(118-11)55-47-75/h17-28,32-55,66-69,82-85,88-89H,14-16,29-31,57-65H2,1-13H3,(H,104,106,108,113)(H,105,107,109,114)/t82-,83-,84+,85+,88+,89+,130?/m0/s1. The molecule has 2 amide bonds. The van der Waals surface area contributed by atoms with Crippen molar-refractivity contribution in [1.29, 1.82) is 5.26 Å². The van der Waals surface area contributed by atoms with E-state index >= 15 is 0 Å². The number of unbranched alkanes of at least 4 members (excludes halogenated alkanes) is 4. The van der Waals surface area contributed by atoms with Gasteiger partial charge in [-0.3, -0.25) is 29.4 Å². The number of anilines is 2. The first-order valence-electron chi connectivity index (χ1n) is 44.4. The molecule has 2 N–H and O–H groups in total. The Morgan fingerprint density at radius 2 is 0.840 bits per heavy atom. The van der Waals surface area contributed by atoms with Crippen molar-refractivity contribution in [3.8, 4) is 52.3 Å². The zero-order valence-corrected chi connectivity index (χ0v) is 78.4. The van der Waals surface area contributed by atoms with Crippen LogP contribution in [-0.4, -0.2) is 175 Å². The van der Waals surface area contributed by atoms with Crippen molar-refractivity contribution in [2.45, 2.75) is 178 Å². The van der Waals surface area contributed by atoms with Crippen LogP contribution < -0.4 is 48.5 Å². The van der Waals surface area contributed by atoms with Gasteiger partial charge in [0, 0.05) is 24.9 Å². The van der Waals surface area contributed by atoms with E-state index in [-0.39, 0.29) is 99.9 Å². The van der Waals surface area contributed by atoms with Crippen LogP contribution in [0.4, 0.5) is 11.9 Å². The molecule has 0 aliphatic carbocycles. The Bertz CT molecular complexity index is 5600. The van der Waals surface area contributed by atoms with Crippen molar-refractivity contribution in [3.05, 3.63) is 264 Å². The Labute approximate surface area is 767 Å². The number of nitriles is 1. The number of ether oxygens (including phenoxy) is 12. The van der Waals surface area contributed by atoms with Gasteiger partial charge in [-0.05, 0) is 165 Å². The fourth-order valence-corrected chi connectivity index (χ4v) is 19.2. The number of imidazole rings is 2. The topological polar surface area (TPSA) is 311 Å². The van der Waals surface area contributed by atoms with Gasteiger partial charge in [0.05, 0.1) is 98.8 Å². The Balaban J connectivity index is 0.702. The normalized spacial score (nSPS) is 16.8. The van der Waals surface area contributed by atoms with E-state index in [1.807, 2.05) is 187 Å². The summed E-state index contributed by atoms with van der Waals surface area (Å²) in [6.07, 6.45) is 3.67. The summed E-state index contributed by atoms with van der Waals surface area (Å²) in [5.41, 5.74) is 4.11. The molecule has 2 fully saturated rings. The van der Waals surface area contributed by atoms with Gasteiger partial charge in [0.15, 0.2) is 43.9 Å². The monoisotopic (exact) mass is 1820 g/mol. The van der Waals surface area contributed by atoms with Gasteiger partial charge in [0.1, 0.15) is 70.4 Å². The lowest BCUT2D eigenvalue weighted by Crippen LogP contribution is -2.47. The maximum Gasteiger partial charge on any atom is 0.264 e. The third-order valence-corrected chi connectivity index (χ3v) is 30.3. The summed E-state index contributed by atoms with van der Waals surface area (Å²) in [7, 11) is 2.26. The number of fused-ring (bicyclic) bond motifs is 2. The Hall–Kier alpha value is -12.0. The first-order chi connectivity index (χ1) is 63.5. The van der Waals surface area contributed by atoms with Crippen LogP contribution in [0.25, 0.3) is 22.3 Å². The summed E-state index contributed by atoms with van der Waals surface area (Å²) in [4.78, 5) is 57.1.